The first-order valence-corrected chi connectivity index (χ1v) is 10.2. The molecule has 2 heterocycles. The zero-order valence-electron chi connectivity index (χ0n) is 16.1. The Kier molecular flexibility index (Phi) is 6.06. The second-order valence-corrected chi connectivity index (χ2v) is 7.67. The molecule has 1 fully saturated rings. The van der Waals surface area contributed by atoms with E-state index < -0.39 is 4.92 Å². The number of hydrogen-bond donors (Lipinski definition) is 1. The van der Waals surface area contributed by atoms with E-state index in [0.29, 0.717) is 47.6 Å². The second-order valence-electron chi connectivity index (χ2n) is 6.83. The molecule has 1 saturated heterocycles. The summed E-state index contributed by atoms with van der Waals surface area (Å²) in [6.45, 7) is 1.85. The minimum atomic E-state index is -0.528. The zero-order valence-corrected chi connectivity index (χ0v) is 17.6. The van der Waals surface area contributed by atoms with Crippen LogP contribution in [0.4, 0.5) is 33.1 Å². The third kappa shape index (κ3) is 4.47. The summed E-state index contributed by atoms with van der Waals surface area (Å²) in [5.41, 5.74) is 0.640. The van der Waals surface area contributed by atoms with Crippen LogP contribution in [0.25, 0.3) is 0 Å². The number of piperazine rings is 1. The van der Waals surface area contributed by atoms with Crippen LogP contribution in [-0.4, -0.2) is 41.1 Å². The van der Waals surface area contributed by atoms with Crippen molar-refractivity contribution in [2.24, 2.45) is 0 Å². The van der Waals surface area contributed by atoms with E-state index in [1.54, 1.807) is 41.3 Å². The van der Waals surface area contributed by atoms with E-state index in [-0.39, 0.29) is 23.1 Å². The van der Waals surface area contributed by atoms with Crippen molar-refractivity contribution in [3.8, 4) is 0 Å². The Bertz CT molecular complexity index is 1120. The van der Waals surface area contributed by atoms with Crippen molar-refractivity contribution in [1.29, 1.82) is 0 Å². The molecular weight excluding hydrogens is 446 g/mol. The standard InChI is InChI=1S/C20H17Cl2FN6O2/c21-13-5-6-14(22)16(11-13)26-19-18(29(30)31)20(25-12-24-19)28-9-7-27(8-10-28)17-4-2-1-3-15(17)23/h1-6,11-12H,7-10H2,(H,24,25,26). The number of anilines is 4. The van der Waals surface area contributed by atoms with Crippen LogP contribution in [-0.2, 0) is 0 Å². The summed E-state index contributed by atoms with van der Waals surface area (Å²) in [6, 6.07) is 11.3. The average molecular weight is 463 g/mol. The van der Waals surface area contributed by atoms with Gasteiger partial charge in [-0.15, -0.1) is 0 Å². The molecule has 2 aromatic carbocycles. The van der Waals surface area contributed by atoms with E-state index in [9.17, 15) is 14.5 Å². The Hall–Kier alpha value is -3.17. The summed E-state index contributed by atoms with van der Waals surface area (Å²) in [5.74, 6) is -0.0987. The number of nitrogens with one attached hydrogen (secondary N) is 1. The van der Waals surface area contributed by atoms with Crippen LogP contribution in [0.5, 0.6) is 0 Å². The maximum atomic E-state index is 14.1. The van der Waals surface area contributed by atoms with Crippen molar-refractivity contribution in [2.45, 2.75) is 0 Å². The molecule has 1 aliphatic heterocycles. The Morgan fingerprint density at radius 2 is 1.74 bits per heavy atom. The molecule has 8 nitrogen and oxygen atoms in total. The van der Waals surface area contributed by atoms with E-state index >= 15 is 0 Å². The van der Waals surface area contributed by atoms with Crippen LogP contribution in [0.2, 0.25) is 10.0 Å². The van der Waals surface area contributed by atoms with Crippen LogP contribution >= 0.6 is 23.2 Å². The molecule has 31 heavy (non-hydrogen) atoms. The van der Waals surface area contributed by atoms with Gasteiger partial charge in [-0.05, 0) is 30.3 Å². The highest BCUT2D eigenvalue weighted by molar-refractivity contribution is 6.35. The normalized spacial score (nSPS) is 13.9. The third-order valence-electron chi connectivity index (χ3n) is 4.94. The molecule has 0 unspecified atom stereocenters. The number of para-hydroxylation sites is 1. The number of benzene rings is 2. The lowest BCUT2D eigenvalue weighted by Crippen LogP contribution is -2.47. The number of hydrogen-bond acceptors (Lipinski definition) is 7. The Morgan fingerprint density at radius 3 is 2.45 bits per heavy atom. The van der Waals surface area contributed by atoms with Gasteiger partial charge in [0.15, 0.2) is 0 Å². The first-order chi connectivity index (χ1) is 14.9. The van der Waals surface area contributed by atoms with E-state index in [0.717, 1.165) is 0 Å². The van der Waals surface area contributed by atoms with Gasteiger partial charge >= 0.3 is 5.69 Å². The van der Waals surface area contributed by atoms with Gasteiger partial charge in [0.25, 0.3) is 0 Å². The SMILES string of the molecule is O=[N+]([O-])c1c(Nc2cc(Cl)ccc2Cl)ncnc1N1CCN(c2ccccc2F)CC1. The lowest BCUT2D eigenvalue weighted by atomic mass is 10.2. The molecule has 0 amide bonds. The number of aromatic nitrogens is 2. The van der Waals surface area contributed by atoms with Gasteiger partial charge in [-0.25, -0.2) is 14.4 Å². The highest BCUT2D eigenvalue weighted by Crippen LogP contribution is 2.36. The molecule has 0 radical (unpaired) electrons. The van der Waals surface area contributed by atoms with Crippen molar-refractivity contribution in [3.63, 3.8) is 0 Å². The molecule has 0 aliphatic carbocycles. The second kappa shape index (κ2) is 8.91. The Balaban J connectivity index is 1.59. The first kappa shape index (κ1) is 21.1. The number of nitro groups is 1. The first-order valence-electron chi connectivity index (χ1n) is 9.40. The molecule has 11 heteroatoms. The van der Waals surface area contributed by atoms with Gasteiger partial charge in [0.05, 0.1) is 21.3 Å². The highest BCUT2D eigenvalue weighted by Gasteiger charge is 2.30. The van der Waals surface area contributed by atoms with Gasteiger partial charge in [0.1, 0.15) is 12.1 Å². The topological polar surface area (TPSA) is 87.4 Å². The largest absolute Gasteiger partial charge is 0.366 e. The fraction of sp³-hybridized carbons (Fsp3) is 0.200. The summed E-state index contributed by atoms with van der Waals surface area (Å²) >= 11 is 12.2. The van der Waals surface area contributed by atoms with Gasteiger partial charge in [0.2, 0.25) is 11.6 Å². The average Bonchev–Trinajstić information content (AvgIpc) is 2.76. The van der Waals surface area contributed by atoms with Crippen LogP contribution in [0.1, 0.15) is 0 Å². The fourth-order valence-electron chi connectivity index (χ4n) is 3.45. The minimum absolute atomic E-state index is 0.00991. The van der Waals surface area contributed by atoms with E-state index in [4.69, 9.17) is 23.2 Å². The van der Waals surface area contributed by atoms with Crippen LogP contribution in [0.3, 0.4) is 0 Å². The molecule has 3 aromatic rings. The predicted molar refractivity (Wildman–Crippen MR) is 119 cm³/mol. The smallest absolute Gasteiger partial charge is 0.353 e. The van der Waals surface area contributed by atoms with Gasteiger partial charge in [0, 0.05) is 31.2 Å². The summed E-state index contributed by atoms with van der Waals surface area (Å²) in [7, 11) is 0. The minimum Gasteiger partial charge on any atom is -0.366 e. The highest BCUT2D eigenvalue weighted by atomic mass is 35.5. The number of nitrogens with zero attached hydrogens (tertiary/aromatic N) is 5. The fourth-order valence-corrected chi connectivity index (χ4v) is 3.79. The molecule has 1 aliphatic rings. The van der Waals surface area contributed by atoms with Crippen molar-refractivity contribution in [1.82, 2.24) is 9.97 Å². The van der Waals surface area contributed by atoms with Crippen LogP contribution < -0.4 is 15.1 Å². The van der Waals surface area contributed by atoms with Crippen LogP contribution in [0, 0.1) is 15.9 Å². The van der Waals surface area contributed by atoms with Crippen LogP contribution in [0.15, 0.2) is 48.8 Å². The quantitative estimate of drug-likeness (QED) is 0.425. The lowest BCUT2D eigenvalue weighted by Gasteiger charge is -2.36. The summed E-state index contributed by atoms with van der Waals surface area (Å²) in [4.78, 5) is 23.3. The van der Waals surface area contributed by atoms with Gasteiger partial charge < -0.3 is 15.1 Å². The lowest BCUT2D eigenvalue weighted by molar-refractivity contribution is -0.383. The van der Waals surface area contributed by atoms with E-state index in [2.05, 4.69) is 15.3 Å². The van der Waals surface area contributed by atoms with Gasteiger partial charge in [-0.1, -0.05) is 35.3 Å². The van der Waals surface area contributed by atoms with Crippen molar-refractivity contribution >= 4 is 51.9 Å². The zero-order chi connectivity index (χ0) is 22.0. The number of rotatable bonds is 5. The van der Waals surface area contributed by atoms with E-state index in [1.165, 1.54) is 12.4 Å². The molecule has 0 bridgehead atoms. The maximum Gasteiger partial charge on any atom is 0.353 e. The maximum absolute atomic E-state index is 14.1. The number of halogens is 3. The monoisotopic (exact) mass is 462 g/mol. The van der Waals surface area contributed by atoms with Crippen molar-refractivity contribution in [3.05, 3.63) is 74.8 Å². The molecule has 4 rings (SSSR count). The Morgan fingerprint density at radius 1 is 1.03 bits per heavy atom. The molecule has 1 N–H and O–H groups in total. The summed E-state index contributed by atoms with van der Waals surface area (Å²) < 4.78 is 14.1. The summed E-state index contributed by atoms with van der Waals surface area (Å²) in [6.07, 6.45) is 1.26. The molecule has 1 aromatic heterocycles. The van der Waals surface area contributed by atoms with Gasteiger partial charge in [-0.3, -0.25) is 10.1 Å². The van der Waals surface area contributed by atoms with E-state index in [1.807, 2.05) is 4.90 Å². The third-order valence-corrected chi connectivity index (χ3v) is 5.50. The van der Waals surface area contributed by atoms with Gasteiger partial charge in [-0.2, -0.15) is 0 Å². The summed E-state index contributed by atoms with van der Waals surface area (Å²) in [5, 5.41) is 15.6. The Labute approximate surface area is 187 Å². The molecule has 0 atom stereocenters. The molecule has 0 saturated carbocycles. The molecule has 0 spiro atoms. The molecule has 160 valence electrons. The van der Waals surface area contributed by atoms with Crippen molar-refractivity contribution < 1.29 is 9.31 Å². The van der Waals surface area contributed by atoms with Crippen molar-refractivity contribution in [2.75, 3.05) is 41.3 Å². The molecular formula is C20H17Cl2FN6O2. The predicted octanol–water partition coefficient (Wildman–Crippen LogP) is 4.90.